The highest BCUT2D eigenvalue weighted by Crippen LogP contribution is 2.28. The first-order valence-corrected chi connectivity index (χ1v) is 13.2. The fourth-order valence-electron chi connectivity index (χ4n) is 4.44. The number of rotatable bonds is 18. The second-order valence-electron chi connectivity index (χ2n) is 11.4. The molecule has 0 spiro atoms. The SMILES string of the molecule is CC(C)(CCCCOCCCOCCCCC(C)(C)Cc1cocc(O)c1=O)Cc1cocc(O)c1=O. The summed E-state index contributed by atoms with van der Waals surface area (Å²) in [6.45, 7) is 11.2. The average Bonchev–Trinajstić information content (AvgIpc) is 2.82. The molecule has 2 heterocycles. The van der Waals surface area contributed by atoms with E-state index in [4.69, 9.17) is 18.3 Å². The fourth-order valence-corrected chi connectivity index (χ4v) is 4.44. The van der Waals surface area contributed by atoms with E-state index < -0.39 is 0 Å². The van der Waals surface area contributed by atoms with Crippen LogP contribution in [0.25, 0.3) is 0 Å². The third kappa shape index (κ3) is 11.6. The Kier molecular flexibility index (Phi) is 12.4. The maximum atomic E-state index is 12.0. The topological polar surface area (TPSA) is 119 Å². The zero-order chi connectivity index (χ0) is 27.3. The number of unbranched alkanes of at least 4 members (excludes halogenated alkanes) is 2. The minimum Gasteiger partial charge on any atom is -0.502 e. The van der Waals surface area contributed by atoms with Crippen molar-refractivity contribution in [1.82, 2.24) is 0 Å². The molecule has 2 aromatic rings. The Bertz CT molecular complexity index is 967. The second-order valence-corrected chi connectivity index (χ2v) is 11.4. The third-order valence-electron chi connectivity index (χ3n) is 6.53. The number of hydrogen-bond donors (Lipinski definition) is 2. The van der Waals surface area contributed by atoms with Crippen LogP contribution in [-0.2, 0) is 22.3 Å². The van der Waals surface area contributed by atoms with Crippen molar-refractivity contribution >= 4 is 0 Å². The molecule has 8 nitrogen and oxygen atoms in total. The van der Waals surface area contributed by atoms with E-state index in [2.05, 4.69) is 27.7 Å². The van der Waals surface area contributed by atoms with Crippen molar-refractivity contribution in [3.63, 3.8) is 0 Å². The van der Waals surface area contributed by atoms with Gasteiger partial charge in [-0.25, -0.2) is 0 Å². The molecule has 2 rings (SSSR count). The van der Waals surface area contributed by atoms with Crippen molar-refractivity contribution < 1.29 is 28.5 Å². The van der Waals surface area contributed by atoms with E-state index in [-0.39, 0.29) is 33.2 Å². The minimum absolute atomic E-state index is 0.0647. The van der Waals surface area contributed by atoms with Gasteiger partial charge in [0.2, 0.25) is 10.9 Å². The van der Waals surface area contributed by atoms with E-state index >= 15 is 0 Å². The molecule has 0 saturated heterocycles. The van der Waals surface area contributed by atoms with Gasteiger partial charge < -0.3 is 28.5 Å². The van der Waals surface area contributed by atoms with Crippen molar-refractivity contribution in [1.29, 1.82) is 0 Å². The molecule has 2 N–H and O–H groups in total. The summed E-state index contributed by atoms with van der Waals surface area (Å²) in [5.74, 6) is -0.680. The number of aromatic hydroxyl groups is 2. The van der Waals surface area contributed by atoms with Gasteiger partial charge >= 0.3 is 0 Å². The molecule has 8 heteroatoms. The highest BCUT2D eigenvalue weighted by atomic mass is 16.5. The fraction of sp³-hybridized carbons (Fsp3) is 0.655. The van der Waals surface area contributed by atoms with Gasteiger partial charge in [-0.1, -0.05) is 40.5 Å². The summed E-state index contributed by atoms with van der Waals surface area (Å²) in [5.41, 5.74) is 0.179. The van der Waals surface area contributed by atoms with Crippen LogP contribution >= 0.6 is 0 Å². The molecule has 208 valence electrons. The van der Waals surface area contributed by atoms with E-state index in [1.54, 1.807) is 0 Å². The predicted molar refractivity (Wildman–Crippen MR) is 142 cm³/mol. The molecule has 0 saturated carbocycles. The zero-order valence-electron chi connectivity index (χ0n) is 22.8. The Morgan fingerprint density at radius 2 is 1.00 bits per heavy atom. The molecule has 0 fully saturated rings. The van der Waals surface area contributed by atoms with Gasteiger partial charge in [0.1, 0.15) is 12.5 Å². The van der Waals surface area contributed by atoms with Crippen LogP contribution in [0.3, 0.4) is 0 Å². The molecule has 2 aromatic heterocycles. The van der Waals surface area contributed by atoms with Crippen molar-refractivity contribution in [3.05, 3.63) is 56.6 Å². The molecule has 0 aliphatic rings. The Morgan fingerprint density at radius 3 is 1.41 bits per heavy atom. The van der Waals surface area contributed by atoms with E-state index in [1.807, 2.05) is 0 Å². The van der Waals surface area contributed by atoms with E-state index in [1.165, 1.54) is 12.5 Å². The normalized spacial score (nSPS) is 12.2. The van der Waals surface area contributed by atoms with Gasteiger partial charge in [-0.3, -0.25) is 9.59 Å². The van der Waals surface area contributed by atoms with Crippen LogP contribution in [0.1, 0.15) is 83.8 Å². The number of ether oxygens (including phenoxy) is 2. The summed E-state index contributed by atoms with van der Waals surface area (Å²) in [6.07, 6.45) is 12.8. The third-order valence-corrected chi connectivity index (χ3v) is 6.53. The first kappa shape index (κ1) is 30.6. The van der Waals surface area contributed by atoms with Crippen molar-refractivity contribution in [3.8, 4) is 11.5 Å². The molecule has 0 aromatic carbocycles. The van der Waals surface area contributed by atoms with E-state index in [0.29, 0.717) is 50.4 Å². The van der Waals surface area contributed by atoms with Gasteiger partial charge in [0.25, 0.3) is 0 Å². The summed E-state index contributed by atoms with van der Waals surface area (Å²) < 4.78 is 21.5. The van der Waals surface area contributed by atoms with Gasteiger partial charge in [-0.05, 0) is 55.8 Å². The number of hydrogen-bond acceptors (Lipinski definition) is 8. The van der Waals surface area contributed by atoms with Crippen LogP contribution in [0.4, 0.5) is 0 Å². The molecule has 0 aliphatic carbocycles. The molecule has 0 atom stereocenters. The van der Waals surface area contributed by atoms with Crippen molar-refractivity contribution in [2.24, 2.45) is 10.8 Å². The molecule has 37 heavy (non-hydrogen) atoms. The van der Waals surface area contributed by atoms with Crippen molar-refractivity contribution in [2.75, 3.05) is 26.4 Å². The van der Waals surface area contributed by atoms with Gasteiger partial charge in [-0.2, -0.15) is 0 Å². The average molecular weight is 521 g/mol. The van der Waals surface area contributed by atoms with Gasteiger partial charge in [0.15, 0.2) is 11.5 Å². The monoisotopic (exact) mass is 520 g/mol. The molecular formula is C29H44O8. The van der Waals surface area contributed by atoms with Crippen molar-refractivity contribution in [2.45, 2.75) is 85.5 Å². The first-order chi connectivity index (χ1) is 17.5. The first-order valence-electron chi connectivity index (χ1n) is 13.2. The highest BCUT2D eigenvalue weighted by Gasteiger charge is 2.22. The van der Waals surface area contributed by atoms with Crippen LogP contribution in [0.5, 0.6) is 11.5 Å². The van der Waals surface area contributed by atoms with Crippen LogP contribution in [-0.4, -0.2) is 36.6 Å². The molecule has 0 aliphatic heterocycles. The Hall–Kier alpha value is -2.58. The lowest BCUT2D eigenvalue weighted by molar-refractivity contribution is 0.0778. The minimum atomic E-state index is -0.353. The molecule has 0 bridgehead atoms. The Balaban J connectivity index is 1.45. The molecule has 0 amide bonds. The summed E-state index contributed by atoms with van der Waals surface area (Å²) in [5, 5.41) is 19.1. The zero-order valence-corrected chi connectivity index (χ0v) is 22.8. The van der Waals surface area contributed by atoms with Crippen LogP contribution in [0.15, 0.2) is 43.5 Å². The van der Waals surface area contributed by atoms with Crippen LogP contribution in [0.2, 0.25) is 0 Å². The summed E-state index contributed by atoms with van der Waals surface area (Å²) >= 11 is 0. The van der Waals surface area contributed by atoms with E-state index in [0.717, 1.165) is 57.5 Å². The summed E-state index contributed by atoms with van der Waals surface area (Å²) in [6, 6.07) is 0. The lowest BCUT2D eigenvalue weighted by Crippen LogP contribution is -2.20. The van der Waals surface area contributed by atoms with Crippen LogP contribution in [0, 0.1) is 10.8 Å². The maximum Gasteiger partial charge on any atom is 0.229 e. The Labute approximate surface area is 219 Å². The second kappa shape index (κ2) is 15.0. The smallest absolute Gasteiger partial charge is 0.229 e. The van der Waals surface area contributed by atoms with Crippen LogP contribution < -0.4 is 10.9 Å². The van der Waals surface area contributed by atoms with Gasteiger partial charge in [0, 0.05) is 37.6 Å². The molecule has 0 unspecified atom stereocenters. The summed E-state index contributed by atoms with van der Waals surface area (Å²) in [4.78, 5) is 24.0. The Morgan fingerprint density at radius 1 is 0.622 bits per heavy atom. The van der Waals surface area contributed by atoms with E-state index in [9.17, 15) is 19.8 Å². The largest absolute Gasteiger partial charge is 0.502 e. The lowest BCUT2D eigenvalue weighted by Gasteiger charge is -2.24. The maximum absolute atomic E-state index is 12.0. The highest BCUT2D eigenvalue weighted by molar-refractivity contribution is 5.22. The van der Waals surface area contributed by atoms with Gasteiger partial charge in [0.05, 0.1) is 12.5 Å². The molecular weight excluding hydrogens is 476 g/mol. The molecule has 0 radical (unpaired) electrons. The predicted octanol–water partition coefficient (Wildman–Crippen LogP) is 5.61. The quantitative estimate of drug-likeness (QED) is 0.244. The summed E-state index contributed by atoms with van der Waals surface area (Å²) in [7, 11) is 0. The lowest BCUT2D eigenvalue weighted by atomic mass is 9.81. The standard InChI is InChI=1S/C29H44O8/c1-28(2,16-22-18-36-20-24(30)26(22)32)10-5-7-12-34-14-9-15-35-13-8-6-11-29(3,4)17-23-19-37-21-25(31)27(23)33/h18-21,30-31H,5-17H2,1-4H3. The van der Waals surface area contributed by atoms with Gasteiger partial charge in [-0.15, -0.1) is 0 Å².